The quantitative estimate of drug-likeness (QED) is 0.606. The standard InChI is InChI=1S/C22H28N2O5/c1-12-8-7-9-13(2)18(12)23-19(25)15(4)29-22(28)14(3)24-20(26)16-10-5-6-11-17(16)21(24)27/h7-9,14-17H,5-6,10-11H2,1-4H3,(H,23,25)/t14-,15+,16-,17+/m0/s1. The molecule has 29 heavy (non-hydrogen) atoms. The van der Waals surface area contributed by atoms with Crippen molar-refractivity contribution in [3.63, 3.8) is 0 Å². The van der Waals surface area contributed by atoms with Crippen LogP contribution in [0.5, 0.6) is 0 Å². The number of benzene rings is 1. The molecule has 2 aliphatic rings. The number of likely N-dealkylation sites (tertiary alicyclic amines) is 1. The van der Waals surface area contributed by atoms with Crippen molar-refractivity contribution in [2.24, 2.45) is 11.8 Å². The molecular formula is C22H28N2O5. The zero-order chi connectivity index (χ0) is 21.3. The summed E-state index contributed by atoms with van der Waals surface area (Å²) in [6.45, 7) is 6.71. The molecule has 1 aromatic carbocycles. The van der Waals surface area contributed by atoms with Crippen molar-refractivity contribution in [2.45, 2.75) is 65.5 Å². The summed E-state index contributed by atoms with van der Waals surface area (Å²) in [5, 5.41) is 2.79. The Labute approximate surface area is 170 Å². The minimum atomic E-state index is -1.06. The first-order valence-electron chi connectivity index (χ1n) is 10.2. The Bertz CT molecular complexity index is 805. The van der Waals surface area contributed by atoms with Gasteiger partial charge in [0.05, 0.1) is 11.8 Å². The largest absolute Gasteiger partial charge is 0.451 e. The first-order chi connectivity index (χ1) is 13.7. The monoisotopic (exact) mass is 400 g/mol. The highest BCUT2D eigenvalue weighted by Gasteiger charge is 2.51. The van der Waals surface area contributed by atoms with Gasteiger partial charge in [0.1, 0.15) is 6.04 Å². The molecule has 4 atom stereocenters. The number of para-hydroxylation sites is 1. The summed E-state index contributed by atoms with van der Waals surface area (Å²) in [5.74, 6) is -2.45. The van der Waals surface area contributed by atoms with Gasteiger partial charge in [0.25, 0.3) is 5.91 Å². The minimum Gasteiger partial charge on any atom is -0.451 e. The number of nitrogens with one attached hydrogen (secondary N) is 1. The Morgan fingerprint density at radius 2 is 1.55 bits per heavy atom. The number of carbonyl (C=O) groups excluding carboxylic acids is 4. The van der Waals surface area contributed by atoms with E-state index in [0.29, 0.717) is 18.5 Å². The molecule has 1 N–H and O–H groups in total. The zero-order valence-electron chi connectivity index (χ0n) is 17.4. The second-order valence-corrected chi connectivity index (χ2v) is 8.06. The highest BCUT2D eigenvalue weighted by atomic mass is 16.5. The molecular weight excluding hydrogens is 372 g/mol. The molecule has 1 saturated heterocycles. The average molecular weight is 400 g/mol. The Morgan fingerprint density at radius 1 is 1.03 bits per heavy atom. The van der Waals surface area contributed by atoms with Gasteiger partial charge in [0.2, 0.25) is 11.8 Å². The van der Waals surface area contributed by atoms with E-state index in [9.17, 15) is 19.2 Å². The van der Waals surface area contributed by atoms with Crippen LogP contribution in [-0.4, -0.2) is 40.7 Å². The number of hydrogen-bond donors (Lipinski definition) is 1. The number of esters is 1. The van der Waals surface area contributed by atoms with Crippen LogP contribution in [0.3, 0.4) is 0 Å². The van der Waals surface area contributed by atoms with Crippen molar-refractivity contribution in [2.75, 3.05) is 5.32 Å². The lowest BCUT2D eigenvalue weighted by Gasteiger charge is -2.23. The summed E-state index contributed by atoms with van der Waals surface area (Å²) < 4.78 is 5.29. The highest BCUT2D eigenvalue weighted by Crippen LogP contribution is 2.39. The summed E-state index contributed by atoms with van der Waals surface area (Å²) in [4.78, 5) is 51.4. The number of carbonyl (C=O) groups is 4. The maximum Gasteiger partial charge on any atom is 0.329 e. The number of aryl methyl sites for hydroxylation is 2. The topological polar surface area (TPSA) is 92.8 Å². The molecule has 0 radical (unpaired) electrons. The Kier molecular flexibility index (Phi) is 6.05. The molecule has 0 bridgehead atoms. The number of fused-ring (bicyclic) bond motifs is 1. The van der Waals surface area contributed by atoms with Crippen molar-refractivity contribution in [1.82, 2.24) is 4.90 Å². The van der Waals surface area contributed by atoms with E-state index in [1.807, 2.05) is 32.0 Å². The van der Waals surface area contributed by atoms with Crippen molar-refractivity contribution in [1.29, 1.82) is 0 Å². The first kappa shape index (κ1) is 21.0. The fraction of sp³-hybridized carbons (Fsp3) is 0.545. The fourth-order valence-corrected chi connectivity index (χ4v) is 4.24. The molecule has 7 heteroatoms. The van der Waals surface area contributed by atoms with E-state index >= 15 is 0 Å². The van der Waals surface area contributed by atoms with Crippen molar-refractivity contribution in [3.05, 3.63) is 29.3 Å². The molecule has 3 amide bonds. The molecule has 1 aliphatic heterocycles. The smallest absolute Gasteiger partial charge is 0.329 e. The number of amides is 3. The second kappa shape index (κ2) is 8.35. The van der Waals surface area contributed by atoms with Gasteiger partial charge in [-0.3, -0.25) is 19.3 Å². The summed E-state index contributed by atoms with van der Waals surface area (Å²) >= 11 is 0. The van der Waals surface area contributed by atoms with E-state index in [-0.39, 0.29) is 23.7 Å². The number of nitrogens with zero attached hydrogens (tertiary/aromatic N) is 1. The van der Waals surface area contributed by atoms with Crippen molar-refractivity contribution >= 4 is 29.4 Å². The Hall–Kier alpha value is -2.70. The van der Waals surface area contributed by atoms with Gasteiger partial charge >= 0.3 is 5.97 Å². The molecule has 1 aliphatic carbocycles. The normalized spacial score (nSPS) is 23.4. The maximum atomic E-state index is 12.6. The molecule has 1 aromatic rings. The van der Waals surface area contributed by atoms with Crippen LogP contribution in [0, 0.1) is 25.7 Å². The van der Waals surface area contributed by atoms with Crippen LogP contribution >= 0.6 is 0 Å². The van der Waals surface area contributed by atoms with E-state index in [0.717, 1.165) is 28.9 Å². The highest BCUT2D eigenvalue weighted by molar-refractivity contribution is 6.08. The van der Waals surface area contributed by atoms with Crippen LogP contribution in [0.1, 0.15) is 50.7 Å². The van der Waals surface area contributed by atoms with Crippen LogP contribution in [0.15, 0.2) is 18.2 Å². The van der Waals surface area contributed by atoms with Gasteiger partial charge in [-0.1, -0.05) is 31.0 Å². The Morgan fingerprint density at radius 3 is 2.07 bits per heavy atom. The van der Waals surface area contributed by atoms with Crippen LogP contribution in [0.4, 0.5) is 5.69 Å². The van der Waals surface area contributed by atoms with Crippen LogP contribution in [0.2, 0.25) is 0 Å². The van der Waals surface area contributed by atoms with Crippen molar-refractivity contribution < 1.29 is 23.9 Å². The summed E-state index contributed by atoms with van der Waals surface area (Å²) in [6.07, 6.45) is 2.15. The van der Waals surface area contributed by atoms with E-state index < -0.39 is 24.0 Å². The van der Waals surface area contributed by atoms with E-state index in [4.69, 9.17) is 4.74 Å². The zero-order valence-corrected chi connectivity index (χ0v) is 17.4. The summed E-state index contributed by atoms with van der Waals surface area (Å²) in [5.41, 5.74) is 2.49. The number of rotatable bonds is 5. The SMILES string of the molecule is Cc1cccc(C)c1NC(=O)[C@@H](C)OC(=O)[C@H](C)N1C(=O)[C@H]2CCCC[C@H]2C1=O. The fourth-order valence-electron chi connectivity index (χ4n) is 4.24. The Balaban J connectivity index is 1.64. The van der Waals surface area contributed by atoms with E-state index in [1.165, 1.54) is 13.8 Å². The van der Waals surface area contributed by atoms with Gasteiger partial charge in [-0.2, -0.15) is 0 Å². The molecule has 0 aromatic heterocycles. The molecule has 1 heterocycles. The van der Waals surface area contributed by atoms with Gasteiger partial charge in [0.15, 0.2) is 6.10 Å². The number of ether oxygens (including phenoxy) is 1. The average Bonchev–Trinajstić information content (AvgIpc) is 2.95. The maximum absolute atomic E-state index is 12.6. The van der Waals surface area contributed by atoms with Gasteiger partial charge < -0.3 is 10.1 Å². The van der Waals surface area contributed by atoms with Gasteiger partial charge in [0, 0.05) is 5.69 Å². The second-order valence-electron chi connectivity index (χ2n) is 8.06. The lowest BCUT2D eigenvalue weighted by Crippen LogP contribution is -2.46. The lowest BCUT2D eigenvalue weighted by atomic mass is 9.81. The molecule has 0 unspecified atom stereocenters. The molecule has 0 spiro atoms. The molecule has 3 rings (SSSR count). The third-order valence-electron chi connectivity index (χ3n) is 6.00. The number of anilines is 1. The van der Waals surface area contributed by atoms with E-state index in [2.05, 4.69) is 5.32 Å². The van der Waals surface area contributed by atoms with Crippen molar-refractivity contribution in [3.8, 4) is 0 Å². The predicted molar refractivity (Wildman–Crippen MR) is 107 cm³/mol. The summed E-state index contributed by atoms with van der Waals surface area (Å²) in [6, 6.07) is 4.61. The van der Waals surface area contributed by atoms with Crippen LogP contribution < -0.4 is 5.32 Å². The third kappa shape index (κ3) is 4.04. The number of hydrogen-bond acceptors (Lipinski definition) is 5. The van der Waals surface area contributed by atoms with Gasteiger partial charge in [-0.05, 0) is 51.7 Å². The predicted octanol–water partition coefficient (Wildman–Crippen LogP) is 2.74. The molecule has 7 nitrogen and oxygen atoms in total. The third-order valence-corrected chi connectivity index (χ3v) is 6.00. The van der Waals surface area contributed by atoms with Crippen LogP contribution in [0.25, 0.3) is 0 Å². The molecule has 1 saturated carbocycles. The van der Waals surface area contributed by atoms with Gasteiger partial charge in [-0.15, -0.1) is 0 Å². The molecule has 156 valence electrons. The van der Waals surface area contributed by atoms with E-state index in [1.54, 1.807) is 0 Å². The minimum absolute atomic E-state index is 0.295. The number of imide groups is 1. The first-order valence-corrected chi connectivity index (χ1v) is 10.2. The van der Waals surface area contributed by atoms with Crippen LogP contribution in [-0.2, 0) is 23.9 Å². The molecule has 2 fully saturated rings. The lowest BCUT2D eigenvalue weighted by molar-refractivity contribution is -0.163. The van der Waals surface area contributed by atoms with Gasteiger partial charge in [-0.25, -0.2) is 4.79 Å². The summed E-state index contributed by atoms with van der Waals surface area (Å²) in [7, 11) is 0.